The Balaban J connectivity index is 2.79. The van der Waals surface area contributed by atoms with Gasteiger partial charge < -0.3 is 4.74 Å². The summed E-state index contributed by atoms with van der Waals surface area (Å²) in [4.78, 5) is 10.1. The molecule has 1 aromatic carbocycles. The first-order chi connectivity index (χ1) is 7.26. The van der Waals surface area contributed by atoms with Gasteiger partial charge in [0.1, 0.15) is 12.0 Å². The van der Waals surface area contributed by atoms with Crippen LogP contribution in [-0.2, 0) is 4.79 Å². The van der Waals surface area contributed by atoms with Crippen LogP contribution in [0.5, 0.6) is 5.75 Å². The molecule has 1 aromatic rings. The Kier molecular flexibility index (Phi) is 4.35. The molecule has 78 valence electrons. The van der Waals surface area contributed by atoms with Crippen molar-refractivity contribution < 1.29 is 9.53 Å². The van der Waals surface area contributed by atoms with Crippen molar-refractivity contribution in [1.29, 1.82) is 0 Å². The minimum absolute atomic E-state index is 0.769. The first-order valence-electron chi connectivity index (χ1n) is 4.70. The van der Waals surface area contributed by atoms with Gasteiger partial charge in [-0.1, -0.05) is 29.9 Å². The molecule has 0 aliphatic carbocycles. The predicted octanol–water partition coefficient (Wildman–Crippen LogP) is 2.85. The third-order valence-corrected chi connectivity index (χ3v) is 1.95. The van der Waals surface area contributed by atoms with Crippen LogP contribution in [0.4, 0.5) is 0 Å². The topological polar surface area (TPSA) is 26.3 Å². The van der Waals surface area contributed by atoms with Crippen LogP contribution in [0.1, 0.15) is 12.5 Å². The van der Waals surface area contributed by atoms with E-state index < -0.39 is 0 Å². The quantitative estimate of drug-likeness (QED) is 0.426. The highest BCUT2D eigenvalue weighted by Gasteiger charge is 1.90. The minimum Gasteiger partial charge on any atom is -0.497 e. The van der Waals surface area contributed by atoms with E-state index in [4.69, 9.17) is 4.74 Å². The monoisotopic (exact) mass is 202 g/mol. The maximum Gasteiger partial charge on any atom is 0.142 e. The summed E-state index contributed by atoms with van der Waals surface area (Å²) in [5, 5.41) is 0. The third kappa shape index (κ3) is 3.81. The van der Waals surface area contributed by atoms with Gasteiger partial charge in [-0.05, 0) is 30.7 Å². The molecule has 2 nitrogen and oxygen atoms in total. The second kappa shape index (κ2) is 5.81. The highest BCUT2D eigenvalue weighted by molar-refractivity contribution is 5.67. The van der Waals surface area contributed by atoms with Gasteiger partial charge in [-0.3, -0.25) is 4.79 Å². The summed E-state index contributed by atoms with van der Waals surface area (Å²) >= 11 is 0. The molecule has 0 bridgehead atoms. The lowest BCUT2D eigenvalue weighted by Gasteiger charge is -1.99. The van der Waals surface area contributed by atoms with E-state index in [1.54, 1.807) is 13.2 Å². The van der Waals surface area contributed by atoms with E-state index in [0.717, 1.165) is 23.2 Å². The van der Waals surface area contributed by atoms with E-state index in [1.165, 1.54) is 6.08 Å². The molecule has 0 aromatic heterocycles. The summed E-state index contributed by atoms with van der Waals surface area (Å²) in [6.45, 7) is 1.95. The fourth-order valence-corrected chi connectivity index (χ4v) is 1.20. The summed E-state index contributed by atoms with van der Waals surface area (Å²) in [6, 6.07) is 7.75. The van der Waals surface area contributed by atoms with Gasteiger partial charge in [-0.25, -0.2) is 0 Å². The number of carbonyl (C=O) groups excluding carboxylic acids is 1. The van der Waals surface area contributed by atoms with Crippen molar-refractivity contribution in [2.75, 3.05) is 7.11 Å². The first-order valence-corrected chi connectivity index (χ1v) is 4.70. The fraction of sp³-hybridized carbons (Fsp3) is 0.154. The van der Waals surface area contributed by atoms with Gasteiger partial charge in [0.25, 0.3) is 0 Å². The van der Waals surface area contributed by atoms with Crippen molar-refractivity contribution in [1.82, 2.24) is 0 Å². The number of aldehydes is 1. The van der Waals surface area contributed by atoms with E-state index in [2.05, 4.69) is 0 Å². The van der Waals surface area contributed by atoms with E-state index in [-0.39, 0.29) is 0 Å². The van der Waals surface area contributed by atoms with Gasteiger partial charge in [-0.2, -0.15) is 0 Å². The molecule has 2 heteroatoms. The largest absolute Gasteiger partial charge is 0.497 e. The third-order valence-electron chi connectivity index (χ3n) is 1.95. The second-order valence-electron chi connectivity index (χ2n) is 3.16. The second-order valence-corrected chi connectivity index (χ2v) is 3.16. The molecule has 15 heavy (non-hydrogen) atoms. The molecule has 0 heterocycles. The number of benzene rings is 1. The van der Waals surface area contributed by atoms with Crippen LogP contribution in [0.2, 0.25) is 0 Å². The normalized spacial score (nSPS) is 11.7. The van der Waals surface area contributed by atoms with Crippen LogP contribution >= 0.6 is 0 Å². The molecule has 1 rings (SSSR count). The summed E-state index contributed by atoms with van der Waals surface area (Å²) < 4.78 is 5.06. The molecule has 0 aliphatic heterocycles. The lowest BCUT2D eigenvalue weighted by Crippen LogP contribution is -1.81. The smallest absolute Gasteiger partial charge is 0.142 e. The number of hydrogen-bond acceptors (Lipinski definition) is 2. The lowest BCUT2D eigenvalue weighted by molar-refractivity contribution is -0.104. The van der Waals surface area contributed by atoms with Crippen molar-refractivity contribution in [3.63, 3.8) is 0 Å². The van der Waals surface area contributed by atoms with Crippen molar-refractivity contribution in [2.24, 2.45) is 0 Å². The summed E-state index contributed by atoms with van der Waals surface area (Å²) in [5.41, 5.74) is 2.12. The van der Waals surface area contributed by atoms with Crippen LogP contribution in [0.15, 0.2) is 42.0 Å². The molecule has 0 N–H and O–H groups in total. The highest BCUT2D eigenvalue weighted by Crippen LogP contribution is 2.14. The summed E-state index contributed by atoms with van der Waals surface area (Å²) in [6.07, 6.45) is 6.03. The van der Waals surface area contributed by atoms with E-state index in [9.17, 15) is 4.79 Å². The number of carbonyl (C=O) groups is 1. The summed E-state index contributed by atoms with van der Waals surface area (Å²) in [5.74, 6) is 0.841. The standard InChI is InChI=1S/C13H14O2/c1-11(4-3-9-14)10-12-5-7-13(15-2)8-6-12/h3-10H,1-2H3. The number of ether oxygens (including phenoxy) is 1. The molecule has 0 fully saturated rings. The van der Waals surface area contributed by atoms with Gasteiger partial charge in [-0.15, -0.1) is 0 Å². The predicted molar refractivity (Wildman–Crippen MR) is 61.8 cm³/mol. The number of rotatable bonds is 4. The first kappa shape index (κ1) is 11.2. The van der Waals surface area contributed by atoms with Crippen LogP contribution in [0.25, 0.3) is 6.08 Å². The number of methoxy groups -OCH3 is 1. The zero-order chi connectivity index (χ0) is 11.1. The molecule has 0 saturated heterocycles. The summed E-state index contributed by atoms with van der Waals surface area (Å²) in [7, 11) is 1.64. The lowest BCUT2D eigenvalue weighted by atomic mass is 10.1. The van der Waals surface area contributed by atoms with Crippen molar-refractivity contribution >= 4 is 12.4 Å². The average molecular weight is 202 g/mol. The van der Waals surface area contributed by atoms with Crippen molar-refractivity contribution in [2.45, 2.75) is 6.92 Å². The van der Waals surface area contributed by atoms with Crippen molar-refractivity contribution in [3.05, 3.63) is 47.6 Å². The van der Waals surface area contributed by atoms with Gasteiger partial charge >= 0.3 is 0 Å². The maximum absolute atomic E-state index is 10.1. The molecule has 0 unspecified atom stereocenters. The highest BCUT2D eigenvalue weighted by atomic mass is 16.5. The zero-order valence-corrected chi connectivity index (χ0v) is 8.94. The van der Waals surface area contributed by atoms with Crippen LogP contribution < -0.4 is 4.74 Å². The Hall–Kier alpha value is -1.83. The molecule has 0 saturated carbocycles. The Labute approximate surface area is 89.9 Å². The molecule has 0 amide bonds. The Morgan fingerprint density at radius 3 is 2.47 bits per heavy atom. The van der Waals surface area contributed by atoms with Crippen LogP contribution in [-0.4, -0.2) is 13.4 Å². The number of hydrogen-bond donors (Lipinski definition) is 0. The average Bonchev–Trinajstić information content (AvgIpc) is 2.27. The van der Waals surface area contributed by atoms with Crippen molar-refractivity contribution in [3.8, 4) is 5.75 Å². The Morgan fingerprint density at radius 1 is 1.27 bits per heavy atom. The van der Waals surface area contributed by atoms with E-state index in [0.29, 0.717) is 0 Å². The Morgan fingerprint density at radius 2 is 1.93 bits per heavy atom. The molecular formula is C13H14O2. The SMILES string of the molecule is COc1ccc(C=C(C)C=CC=O)cc1. The van der Waals surface area contributed by atoms with Gasteiger partial charge in [0.15, 0.2) is 0 Å². The molecule has 0 spiro atoms. The fourth-order valence-electron chi connectivity index (χ4n) is 1.20. The molecule has 0 aliphatic rings. The molecular weight excluding hydrogens is 188 g/mol. The number of allylic oxidation sites excluding steroid dienone is 3. The van der Waals surface area contributed by atoms with E-state index in [1.807, 2.05) is 37.3 Å². The zero-order valence-electron chi connectivity index (χ0n) is 8.94. The molecule has 0 atom stereocenters. The minimum atomic E-state index is 0.769. The van der Waals surface area contributed by atoms with Crippen LogP contribution in [0, 0.1) is 0 Å². The van der Waals surface area contributed by atoms with Gasteiger partial charge in [0, 0.05) is 0 Å². The van der Waals surface area contributed by atoms with E-state index >= 15 is 0 Å². The molecule has 0 radical (unpaired) electrons. The van der Waals surface area contributed by atoms with Crippen LogP contribution in [0.3, 0.4) is 0 Å². The van der Waals surface area contributed by atoms with Gasteiger partial charge in [0.2, 0.25) is 0 Å². The van der Waals surface area contributed by atoms with Gasteiger partial charge in [0.05, 0.1) is 7.11 Å². The maximum atomic E-state index is 10.1. The Bertz CT molecular complexity index is 372.